The molecule has 0 spiro atoms. The van der Waals surface area contributed by atoms with E-state index in [0.717, 1.165) is 0 Å². The summed E-state index contributed by atoms with van der Waals surface area (Å²) in [5, 5.41) is 8.58. The number of ether oxygens (including phenoxy) is 1. The third kappa shape index (κ3) is 2.58. The Morgan fingerprint density at radius 3 is 2.93 bits per heavy atom. The molecule has 3 heteroatoms. The van der Waals surface area contributed by atoms with Gasteiger partial charge in [0.25, 0.3) is 0 Å². The predicted molar refractivity (Wildman–Crippen MR) is 49.6 cm³/mol. The van der Waals surface area contributed by atoms with Gasteiger partial charge in [0, 0.05) is 5.56 Å². The summed E-state index contributed by atoms with van der Waals surface area (Å²) in [6.45, 7) is 0.224. The Morgan fingerprint density at radius 1 is 1.50 bits per heavy atom. The van der Waals surface area contributed by atoms with Crippen molar-refractivity contribution in [2.75, 3.05) is 6.61 Å². The van der Waals surface area contributed by atoms with Crippen molar-refractivity contribution in [1.29, 1.82) is 5.26 Å². The van der Waals surface area contributed by atoms with E-state index in [9.17, 15) is 4.39 Å². The summed E-state index contributed by atoms with van der Waals surface area (Å²) in [4.78, 5) is 0. The minimum atomic E-state index is -0.388. The Kier molecular flexibility index (Phi) is 3.67. The van der Waals surface area contributed by atoms with Crippen LogP contribution in [0.3, 0.4) is 0 Å². The molecule has 0 unspecified atom stereocenters. The van der Waals surface area contributed by atoms with Crippen molar-refractivity contribution in [3.63, 3.8) is 0 Å². The molecular weight excluding hydrogens is 181 g/mol. The van der Waals surface area contributed by atoms with Crippen LogP contribution in [0, 0.1) is 29.5 Å². The summed E-state index contributed by atoms with van der Waals surface area (Å²) in [6, 6.07) is 6.03. The van der Waals surface area contributed by atoms with Gasteiger partial charge in [0.05, 0.1) is 18.2 Å². The van der Waals surface area contributed by atoms with Crippen molar-refractivity contribution in [2.45, 2.75) is 6.61 Å². The number of rotatable bonds is 3. The fourth-order valence-electron chi connectivity index (χ4n) is 0.975. The van der Waals surface area contributed by atoms with E-state index in [4.69, 9.17) is 16.4 Å². The van der Waals surface area contributed by atoms with Crippen LogP contribution in [0.1, 0.15) is 11.1 Å². The lowest BCUT2D eigenvalue weighted by Gasteiger charge is -2.02. The van der Waals surface area contributed by atoms with E-state index < -0.39 is 0 Å². The molecule has 0 radical (unpaired) electrons. The zero-order chi connectivity index (χ0) is 10.4. The second-order valence-electron chi connectivity index (χ2n) is 2.61. The number of hydrogen-bond acceptors (Lipinski definition) is 2. The second kappa shape index (κ2) is 5.01. The summed E-state index contributed by atoms with van der Waals surface area (Å²) in [5.74, 6) is 1.89. The maximum Gasteiger partial charge on any atom is 0.128 e. The topological polar surface area (TPSA) is 33.0 Å². The Bertz CT molecular complexity index is 401. The first kappa shape index (κ1) is 10.2. The fourth-order valence-corrected chi connectivity index (χ4v) is 0.975. The van der Waals surface area contributed by atoms with Crippen molar-refractivity contribution < 1.29 is 9.13 Å². The van der Waals surface area contributed by atoms with E-state index in [-0.39, 0.29) is 19.0 Å². The average molecular weight is 189 g/mol. The highest BCUT2D eigenvalue weighted by Crippen LogP contribution is 2.10. The van der Waals surface area contributed by atoms with E-state index in [2.05, 4.69) is 5.92 Å². The van der Waals surface area contributed by atoms with Gasteiger partial charge >= 0.3 is 0 Å². The lowest BCUT2D eigenvalue weighted by molar-refractivity contribution is 0.150. The van der Waals surface area contributed by atoms with Crippen LogP contribution in [0.15, 0.2) is 18.2 Å². The summed E-state index contributed by atoms with van der Waals surface area (Å²) in [6.07, 6.45) is 4.97. The summed E-state index contributed by atoms with van der Waals surface area (Å²) in [5.41, 5.74) is 0.755. The molecule has 0 atom stereocenters. The quantitative estimate of drug-likeness (QED) is 0.537. The van der Waals surface area contributed by atoms with E-state index in [0.29, 0.717) is 11.1 Å². The molecule has 0 saturated carbocycles. The van der Waals surface area contributed by atoms with Gasteiger partial charge in [0.1, 0.15) is 12.4 Å². The minimum Gasteiger partial charge on any atom is -0.364 e. The van der Waals surface area contributed by atoms with Crippen LogP contribution in [0.2, 0.25) is 0 Å². The highest BCUT2D eigenvalue weighted by atomic mass is 19.1. The van der Waals surface area contributed by atoms with Crippen LogP contribution in [-0.2, 0) is 11.3 Å². The second-order valence-corrected chi connectivity index (χ2v) is 2.61. The number of hydrogen-bond donors (Lipinski definition) is 0. The number of nitrogens with zero attached hydrogens (tertiary/aromatic N) is 1. The highest BCUT2D eigenvalue weighted by Gasteiger charge is 2.02. The third-order valence-electron chi connectivity index (χ3n) is 1.62. The number of halogens is 1. The summed E-state index contributed by atoms with van der Waals surface area (Å²) >= 11 is 0. The van der Waals surface area contributed by atoms with Crippen molar-refractivity contribution in [2.24, 2.45) is 0 Å². The molecule has 0 aromatic heterocycles. The first-order valence-electron chi connectivity index (χ1n) is 3.97. The molecule has 0 aliphatic rings. The zero-order valence-electron chi connectivity index (χ0n) is 7.46. The molecule has 0 bridgehead atoms. The van der Waals surface area contributed by atoms with Crippen molar-refractivity contribution in [3.8, 4) is 18.4 Å². The van der Waals surface area contributed by atoms with Crippen LogP contribution < -0.4 is 0 Å². The predicted octanol–water partition coefficient (Wildman–Crippen LogP) is 1.85. The fraction of sp³-hybridized carbons (Fsp3) is 0.182. The standard InChI is InChI=1S/C11H8FNO/c1-2-5-14-8-10-6-9(7-13)3-4-11(10)12/h1,3-4,6H,5,8H2. The van der Waals surface area contributed by atoms with E-state index in [1.807, 2.05) is 6.07 Å². The minimum absolute atomic E-state index is 0.0888. The largest absolute Gasteiger partial charge is 0.364 e. The van der Waals surface area contributed by atoms with Crippen molar-refractivity contribution in [1.82, 2.24) is 0 Å². The van der Waals surface area contributed by atoms with Crippen LogP contribution in [0.4, 0.5) is 4.39 Å². The number of nitriles is 1. The van der Waals surface area contributed by atoms with Crippen LogP contribution >= 0.6 is 0 Å². The Morgan fingerprint density at radius 2 is 2.29 bits per heavy atom. The Hall–Kier alpha value is -1.84. The van der Waals surface area contributed by atoms with Crippen LogP contribution in [0.5, 0.6) is 0 Å². The maximum absolute atomic E-state index is 13.1. The lowest BCUT2D eigenvalue weighted by atomic mass is 10.1. The van der Waals surface area contributed by atoms with Crippen LogP contribution in [0.25, 0.3) is 0 Å². The van der Waals surface area contributed by atoms with Gasteiger partial charge in [0.15, 0.2) is 0 Å². The average Bonchev–Trinajstić information content (AvgIpc) is 2.21. The molecule has 0 aliphatic heterocycles. The highest BCUT2D eigenvalue weighted by molar-refractivity contribution is 5.33. The lowest BCUT2D eigenvalue weighted by Crippen LogP contribution is -1.96. The summed E-state index contributed by atoms with van der Waals surface area (Å²) < 4.78 is 18.1. The maximum atomic E-state index is 13.1. The third-order valence-corrected chi connectivity index (χ3v) is 1.62. The molecule has 2 nitrogen and oxygen atoms in total. The summed E-state index contributed by atoms with van der Waals surface area (Å²) in [7, 11) is 0. The number of terminal acetylenes is 1. The monoisotopic (exact) mass is 189 g/mol. The normalized spacial score (nSPS) is 9.07. The van der Waals surface area contributed by atoms with Gasteiger partial charge in [-0.25, -0.2) is 4.39 Å². The Balaban J connectivity index is 2.76. The van der Waals surface area contributed by atoms with Crippen molar-refractivity contribution in [3.05, 3.63) is 35.1 Å². The van der Waals surface area contributed by atoms with Gasteiger partial charge in [-0.05, 0) is 18.2 Å². The SMILES string of the molecule is C#CCOCc1cc(C#N)ccc1F. The first-order valence-corrected chi connectivity index (χ1v) is 3.97. The Labute approximate surface area is 81.9 Å². The molecule has 1 rings (SSSR count). The zero-order valence-corrected chi connectivity index (χ0v) is 7.46. The molecule has 0 aliphatic carbocycles. The molecule has 1 aromatic rings. The first-order chi connectivity index (χ1) is 6.77. The molecule has 14 heavy (non-hydrogen) atoms. The van der Waals surface area contributed by atoms with E-state index in [1.54, 1.807) is 0 Å². The molecule has 0 amide bonds. The van der Waals surface area contributed by atoms with Gasteiger partial charge in [-0.3, -0.25) is 0 Å². The smallest absolute Gasteiger partial charge is 0.128 e. The molecule has 0 N–H and O–H groups in total. The molecule has 0 fully saturated rings. The molecule has 70 valence electrons. The van der Waals surface area contributed by atoms with E-state index in [1.165, 1.54) is 18.2 Å². The molecular formula is C11H8FNO. The van der Waals surface area contributed by atoms with Gasteiger partial charge < -0.3 is 4.74 Å². The van der Waals surface area contributed by atoms with Crippen LogP contribution in [-0.4, -0.2) is 6.61 Å². The van der Waals surface area contributed by atoms with Gasteiger partial charge in [-0.1, -0.05) is 5.92 Å². The van der Waals surface area contributed by atoms with Gasteiger partial charge in [-0.2, -0.15) is 5.26 Å². The molecule has 1 aromatic carbocycles. The van der Waals surface area contributed by atoms with Crippen molar-refractivity contribution >= 4 is 0 Å². The van der Waals surface area contributed by atoms with Gasteiger partial charge in [-0.15, -0.1) is 6.42 Å². The molecule has 0 saturated heterocycles. The van der Waals surface area contributed by atoms with E-state index >= 15 is 0 Å². The van der Waals surface area contributed by atoms with Gasteiger partial charge in [0.2, 0.25) is 0 Å². The number of benzene rings is 1. The molecule has 0 heterocycles.